The molecule has 7 heteroatoms. The number of amides is 2. The molecule has 1 aliphatic heterocycles. The molecule has 1 N–H and O–H groups in total. The second-order valence-corrected chi connectivity index (χ2v) is 8.66. The number of carbonyl (C=O) groups excluding carboxylic acids is 2. The van der Waals surface area contributed by atoms with E-state index in [4.69, 9.17) is 0 Å². The SMILES string of the molecule is CC(C)S(=O)(=O)c1ccc(CC(=O)N[C@@H]2CC(=O)N(C)C2)cc1. The quantitative estimate of drug-likeness (QED) is 0.859. The molecule has 6 nitrogen and oxygen atoms in total. The molecule has 1 fully saturated rings. The van der Waals surface area contributed by atoms with E-state index in [0.717, 1.165) is 5.56 Å². The Hall–Kier alpha value is -1.89. The molecule has 0 aromatic heterocycles. The number of likely N-dealkylation sites (tertiary alicyclic amines) is 1. The highest BCUT2D eigenvalue weighted by atomic mass is 32.2. The molecule has 1 atom stereocenters. The summed E-state index contributed by atoms with van der Waals surface area (Å²) >= 11 is 0. The number of nitrogens with zero attached hydrogens (tertiary/aromatic N) is 1. The van der Waals surface area contributed by atoms with Crippen molar-refractivity contribution in [2.75, 3.05) is 13.6 Å². The van der Waals surface area contributed by atoms with Gasteiger partial charge >= 0.3 is 0 Å². The molecular formula is C16H22N2O4S. The maximum atomic E-state index is 12.0. The summed E-state index contributed by atoms with van der Waals surface area (Å²) in [4.78, 5) is 25.3. The summed E-state index contributed by atoms with van der Waals surface area (Å²) in [6.45, 7) is 3.79. The normalized spacial score (nSPS) is 18.5. The maximum Gasteiger partial charge on any atom is 0.224 e. The molecule has 0 radical (unpaired) electrons. The minimum atomic E-state index is -3.30. The first-order chi connectivity index (χ1) is 10.7. The van der Waals surface area contributed by atoms with Crippen LogP contribution in [0, 0.1) is 0 Å². The van der Waals surface area contributed by atoms with Gasteiger partial charge in [-0.3, -0.25) is 9.59 Å². The van der Waals surface area contributed by atoms with Gasteiger partial charge in [0.05, 0.1) is 22.6 Å². The van der Waals surface area contributed by atoms with Crippen molar-refractivity contribution >= 4 is 21.7 Å². The molecule has 0 bridgehead atoms. The summed E-state index contributed by atoms with van der Waals surface area (Å²) in [6, 6.07) is 6.22. The lowest BCUT2D eigenvalue weighted by molar-refractivity contribution is -0.126. The van der Waals surface area contributed by atoms with Gasteiger partial charge in [0.2, 0.25) is 11.8 Å². The van der Waals surface area contributed by atoms with Crippen LogP contribution in [0.5, 0.6) is 0 Å². The Morgan fingerprint density at radius 1 is 1.30 bits per heavy atom. The van der Waals surface area contributed by atoms with E-state index in [0.29, 0.717) is 13.0 Å². The van der Waals surface area contributed by atoms with Crippen LogP contribution in [0.25, 0.3) is 0 Å². The zero-order chi connectivity index (χ0) is 17.2. The van der Waals surface area contributed by atoms with Crippen molar-refractivity contribution in [3.63, 3.8) is 0 Å². The van der Waals surface area contributed by atoms with E-state index >= 15 is 0 Å². The van der Waals surface area contributed by atoms with Gasteiger partial charge in [-0.05, 0) is 31.5 Å². The van der Waals surface area contributed by atoms with E-state index in [1.54, 1.807) is 37.9 Å². The third-order valence-electron chi connectivity index (χ3n) is 3.94. The number of hydrogen-bond donors (Lipinski definition) is 1. The van der Waals surface area contributed by atoms with Gasteiger partial charge in [0, 0.05) is 20.0 Å². The van der Waals surface area contributed by atoms with Gasteiger partial charge in [-0.25, -0.2) is 8.42 Å². The molecule has 1 heterocycles. The second kappa shape index (κ2) is 6.70. The molecule has 0 aliphatic carbocycles. The predicted octanol–water partition coefficient (Wildman–Crippen LogP) is 0.758. The van der Waals surface area contributed by atoms with E-state index in [1.807, 2.05) is 0 Å². The molecule has 23 heavy (non-hydrogen) atoms. The highest BCUT2D eigenvalue weighted by Crippen LogP contribution is 2.17. The summed E-state index contributed by atoms with van der Waals surface area (Å²) in [5.74, 6) is -0.142. The summed E-state index contributed by atoms with van der Waals surface area (Å²) in [5.41, 5.74) is 0.739. The zero-order valence-electron chi connectivity index (χ0n) is 13.6. The third kappa shape index (κ3) is 4.10. The van der Waals surface area contributed by atoms with Crippen molar-refractivity contribution in [3.05, 3.63) is 29.8 Å². The molecule has 2 rings (SSSR count). The lowest BCUT2D eigenvalue weighted by atomic mass is 10.1. The van der Waals surface area contributed by atoms with Gasteiger partial charge in [0.15, 0.2) is 9.84 Å². The lowest BCUT2D eigenvalue weighted by Gasteiger charge is -2.13. The molecule has 1 aliphatic rings. The Kier molecular flexibility index (Phi) is 5.09. The van der Waals surface area contributed by atoms with Gasteiger partial charge in [0.25, 0.3) is 0 Å². The molecule has 0 unspecified atom stereocenters. The van der Waals surface area contributed by atoms with Crippen LogP contribution in [0.1, 0.15) is 25.8 Å². The molecule has 126 valence electrons. The van der Waals surface area contributed by atoms with Crippen molar-refractivity contribution in [1.82, 2.24) is 10.2 Å². The molecule has 1 aromatic carbocycles. The molecular weight excluding hydrogens is 316 g/mol. The van der Waals surface area contributed by atoms with Crippen LogP contribution >= 0.6 is 0 Å². The Bertz CT molecular complexity index is 695. The Balaban J connectivity index is 1.96. The lowest BCUT2D eigenvalue weighted by Crippen LogP contribution is -2.37. The van der Waals surface area contributed by atoms with Crippen molar-refractivity contribution in [2.45, 2.75) is 42.9 Å². The molecule has 2 amide bonds. The standard InChI is InChI=1S/C16H22N2O4S/c1-11(2)23(21,22)14-6-4-12(5-7-14)8-15(19)17-13-9-16(20)18(3)10-13/h4-7,11,13H,8-10H2,1-3H3,(H,17,19)/t13-/m1/s1. The fourth-order valence-electron chi connectivity index (χ4n) is 2.49. The van der Waals surface area contributed by atoms with E-state index in [2.05, 4.69) is 5.32 Å². The van der Waals surface area contributed by atoms with Crippen molar-refractivity contribution < 1.29 is 18.0 Å². The van der Waals surface area contributed by atoms with E-state index < -0.39 is 15.1 Å². The Morgan fingerprint density at radius 3 is 2.39 bits per heavy atom. The minimum Gasteiger partial charge on any atom is -0.351 e. The second-order valence-electron chi connectivity index (χ2n) is 6.16. The molecule has 0 spiro atoms. The monoisotopic (exact) mass is 338 g/mol. The first-order valence-corrected chi connectivity index (χ1v) is 9.11. The van der Waals surface area contributed by atoms with Crippen LogP contribution in [-0.4, -0.2) is 50.0 Å². The first kappa shape index (κ1) is 17.5. The number of sulfone groups is 1. The topological polar surface area (TPSA) is 83.5 Å². The van der Waals surface area contributed by atoms with Crippen molar-refractivity contribution in [2.24, 2.45) is 0 Å². The minimum absolute atomic E-state index is 0.0264. The van der Waals surface area contributed by atoms with Gasteiger partial charge < -0.3 is 10.2 Å². The smallest absolute Gasteiger partial charge is 0.224 e. The molecule has 1 saturated heterocycles. The van der Waals surface area contributed by atoms with Crippen LogP contribution in [-0.2, 0) is 25.8 Å². The number of likely N-dealkylation sites (N-methyl/N-ethyl adjacent to an activating group) is 1. The van der Waals surface area contributed by atoms with E-state index in [1.165, 1.54) is 12.1 Å². The predicted molar refractivity (Wildman–Crippen MR) is 86.7 cm³/mol. The van der Waals surface area contributed by atoms with Crippen LogP contribution in [0.3, 0.4) is 0 Å². The van der Waals surface area contributed by atoms with Crippen molar-refractivity contribution in [1.29, 1.82) is 0 Å². The third-order valence-corrected chi connectivity index (χ3v) is 6.11. The number of nitrogens with one attached hydrogen (secondary N) is 1. The number of rotatable bonds is 5. The highest BCUT2D eigenvalue weighted by Gasteiger charge is 2.27. The zero-order valence-corrected chi connectivity index (χ0v) is 14.4. The summed E-state index contributed by atoms with van der Waals surface area (Å²) < 4.78 is 24.1. The fraction of sp³-hybridized carbons (Fsp3) is 0.500. The van der Waals surface area contributed by atoms with Gasteiger partial charge in [-0.1, -0.05) is 12.1 Å². The largest absolute Gasteiger partial charge is 0.351 e. The van der Waals surface area contributed by atoms with Crippen LogP contribution in [0.4, 0.5) is 0 Å². The first-order valence-electron chi connectivity index (χ1n) is 7.56. The number of benzene rings is 1. The van der Waals surface area contributed by atoms with E-state index in [-0.39, 0.29) is 29.2 Å². The van der Waals surface area contributed by atoms with Gasteiger partial charge in [0.1, 0.15) is 0 Å². The van der Waals surface area contributed by atoms with Gasteiger partial charge in [-0.2, -0.15) is 0 Å². The molecule has 0 saturated carbocycles. The van der Waals surface area contributed by atoms with Crippen LogP contribution in [0.15, 0.2) is 29.2 Å². The average Bonchev–Trinajstić information content (AvgIpc) is 2.77. The number of hydrogen-bond acceptors (Lipinski definition) is 4. The highest BCUT2D eigenvalue weighted by molar-refractivity contribution is 7.92. The summed E-state index contributed by atoms with van der Waals surface area (Å²) in [6.07, 6.45) is 0.490. The maximum absolute atomic E-state index is 12.0. The van der Waals surface area contributed by atoms with Crippen molar-refractivity contribution in [3.8, 4) is 0 Å². The van der Waals surface area contributed by atoms with Crippen LogP contribution in [0.2, 0.25) is 0 Å². The number of carbonyl (C=O) groups is 2. The van der Waals surface area contributed by atoms with E-state index in [9.17, 15) is 18.0 Å². The summed E-state index contributed by atoms with van der Waals surface area (Å²) in [5, 5.41) is 2.35. The average molecular weight is 338 g/mol. The van der Waals surface area contributed by atoms with Crippen LogP contribution < -0.4 is 5.32 Å². The van der Waals surface area contributed by atoms with Gasteiger partial charge in [-0.15, -0.1) is 0 Å². The molecule has 1 aromatic rings. The Morgan fingerprint density at radius 2 is 1.91 bits per heavy atom. The summed E-state index contributed by atoms with van der Waals surface area (Å²) in [7, 11) is -1.59. The Labute approximate surface area is 136 Å². The fourth-order valence-corrected chi connectivity index (χ4v) is 3.55.